The molecule has 1 saturated heterocycles. The fourth-order valence-corrected chi connectivity index (χ4v) is 3.81. The Bertz CT molecular complexity index is 602. The topological polar surface area (TPSA) is 56.1 Å². The van der Waals surface area contributed by atoms with E-state index < -0.39 is 6.10 Å². The van der Waals surface area contributed by atoms with Gasteiger partial charge in [0.15, 0.2) is 5.17 Å². The third-order valence-electron chi connectivity index (χ3n) is 3.65. The number of aliphatic hydroxyl groups excluding tert-OH is 1. The molecule has 98 valence electrons. The zero-order chi connectivity index (χ0) is 13.0. The fraction of sp³-hybridized carbons (Fsp3) is 0.385. The number of nitrogens with zero attached hydrogens (tertiary/aromatic N) is 3. The summed E-state index contributed by atoms with van der Waals surface area (Å²) in [5.41, 5.74) is 2.00. The van der Waals surface area contributed by atoms with Crippen LogP contribution in [0.25, 0.3) is 0 Å². The van der Waals surface area contributed by atoms with E-state index in [1.54, 1.807) is 16.7 Å². The Morgan fingerprint density at radius 3 is 3.05 bits per heavy atom. The Kier molecular flexibility index (Phi) is 2.37. The molecule has 1 aromatic carbocycles. The van der Waals surface area contributed by atoms with E-state index in [1.807, 2.05) is 18.2 Å². The molecule has 0 spiro atoms. The third-order valence-corrected chi connectivity index (χ3v) is 4.75. The number of amides is 1. The maximum absolute atomic E-state index is 11.8. The molecule has 0 aromatic heterocycles. The standard InChI is InChI=1S/C13H13N3O2S/c17-9-6-12(18)16(7-9)8-1-2-11-10(5-8)15-4-3-14-13(15)19-11/h1-2,5,9,17H,3-4,6-7H2. The summed E-state index contributed by atoms with van der Waals surface area (Å²) in [5.74, 6) is -0.00610. The van der Waals surface area contributed by atoms with Crippen molar-refractivity contribution in [1.29, 1.82) is 0 Å². The second-order valence-electron chi connectivity index (χ2n) is 4.93. The number of hydrogen-bond acceptors (Lipinski definition) is 5. The first-order valence-corrected chi connectivity index (χ1v) is 7.16. The van der Waals surface area contributed by atoms with Gasteiger partial charge in [-0.15, -0.1) is 0 Å². The summed E-state index contributed by atoms with van der Waals surface area (Å²) in [5, 5.41) is 10.6. The van der Waals surface area contributed by atoms with E-state index >= 15 is 0 Å². The van der Waals surface area contributed by atoms with Crippen LogP contribution in [0, 0.1) is 0 Å². The van der Waals surface area contributed by atoms with Crippen LogP contribution in [0.15, 0.2) is 28.1 Å². The monoisotopic (exact) mass is 275 g/mol. The summed E-state index contributed by atoms with van der Waals surface area (Å²) < 4.78 is 0. The Morgan fingerprint density at radius 1 is 1.37 bits per heavy atom. The van der Waals surface area contributed by atoms with Crippen molar-refractivity contribution in [3.63, 3.8) is 0 Å². The van der Waals surface area contributed by atoms with Crippen LogP contribution in [0.2, 0.25) is 0 Å². The Morgan fingerprint density at radius 2 is 2.26 bits per heavy atom. The Hall–Kier alpha value is -1.53. The number of carbonyl (C=O) groups excluding carboxylic acids is 1. The molecular formula is C13H13N3O2S. The van der Waals surface area contributed by atoms with E-state index in [-0.39, 0.29) is 12.3 Å². The Balaban J connectivity index is 1.71. The average Bonchev–Trinajstić information content (AvgIpc) is 3.03. The molecule has 1 aromatic rings. The number of thioether (sulfide) groups is 1. The highest BCUT2D eigenvalue weighted by atomic mass is 32.2. The van der Waals surface area contributed by atoms with Gasteiger partial charge in [-0.05, 0) is 30.0 Å². The molecule has 6 heteroatoms. The van der Waals surface area contributed by atoms with Crippen molar-refractivity contribution in [1.82, 2.24) is 0 Å². The molecule has 1 amide bonds. The largest absolute Gasteiger partial charge is 0.391 e. The van der Waals surface area contributed by atoms with Gasteiger partial charge in [0.1, 0.15) is 0 Å². The van der Waals surface area contributed by atoms with Crippen molar-refractivity contribution in [3.8, 4) is 0 Å². The smallest absolute Gasteiger partial charge is 0.229 e. The molecule has 0 aliphatic carbocycles. The van der Waals surface area contributed by atoms with E-state index in [0.717, 1.165) is 29.6 Å². The molecule has 4 rings (SSSR count). The van der Waals surface area contributed by atoms with E-state index in [0.29, 0.717) is 6.54 Å². The summed E-state index contributed by atoms with van der Waals surface area (Å²) >= 11 is 1.68. The lowest BCUT2D eigenvalue weighted by Crippen LogP contribution is -2.26. The average molecular weight is 275 g/mol. The molecule has 1 N–H and O–H groups in total. The van der Waals surface area contributed by atoms with Gasteiger partial charge in [-0.25, -0.2) is 0 Å². The molecule has 1 unspecified atom stereocenters. The number of fused-ring (bicyclic) bond motifs is 3. The van der Waals surface area contributed by atoms with E-state index in [4.69, 9.17) is 0 Å². The van der Waals surface area contributed by atoms with Crippen LogP contribution in [0.3, 0.4) is 0 Å². The number of rotatable bonds is 1. The highest BCUT2D eigenvalue weighted by Gasteiger charge is 2.33. The minimum atomic E-state index is -0.543. The van der Waals surface area contributed by atoms with Crippen LogP contribution in [0.1, 0.15) is 6.42 Å². The molecule has 0 radical (unpaired) electrons. The molecule has 0 saturated carbocycles. The second-order valence-corrected chi connectivity index (χ2v) is 5.94. The van der Waals surface area contributed by atoms with Crippen molar-refractivity contribution in [2.45, 2.75) is 17.4 Å². The van der Waals surface area contributed by atoms with Crippen LogP contribution in [-0.4, -0.2) is 41.9 Å². The highest BCUT2D eigenvalue weighted by molar-refractivity contribution is 8.14. The van der Waals surface area contributed by atoms with Crippen molar-refractivity contribution in [2.24, 2.45) is 4.99 Å². The highest BCUT2D eigenvalue weighted by Crippen LogP contribution is 2.43. The quantitative estimate of drug-likeness (QED) is 0.833. The van der Waals surface area contributed by atoms with Crippen LogP contribution < -0.4 is 9.80 Å². The van der Waals surface area contributed by atoms with Gasteiger partial charge < -0.3 is 14.9 Å². The predicted octanol–water partition coefficient (Wildman–Crippen LogP) is 1.07. The van der Waals surface area contributed by atoms with Crippen molar-refractivity contribution >= 4 is 34.2 Å². The van der Waals surface area contributed by atoms with Crippen molar-refractivity contribution in [3.05, 3.63) is 18.2 Å². The lowest BCUT2D eigenvalue weighted by Gasteiger charge is -2.19. The molecule has 1 atom stereocenters. The molecule has 3 aliphatic rings. The lowest BCUT2D eigenvalue weighted by molar-refractivity contribution is -0.117. The summed E-state index contributed by atoms with van der Waals surface area (Å²) in [6.45, 7) is 2.15. The molecular weight excluding hydrogens is 262 g/mol. The Labute approximate surface area is 114 Å². The van der Waals surface area contributed by atoms with Crippen molar-refractivity contribution in [2.75, 3.05) is 29.4 Å². The van der Waals surface area contributed by atoms with Gasteiger partial charge in [-0.3, -0.25) is 9.79 Å². The van der Waals surface area contributed by atoms with E-state index in [2.05, 4.69) is 9.89 Å². The van der Waals surface area contributed by atoms with E-state index in [9.17, 15) is 9.90 Å². The zero-order valence-electron chi connectivity index (χ0n) is 10.2. The first kappa shape index (κ1) is 11.3. The minimum Gasteiger partial charge on any atom is -0.391 e. The maximum Gasteiger partial charge on any atom is 0.229 e. The number of carbonyl (C=O) groups is 1. The SMILES string of the molecule is O=C1CC(O)CN1c1ccc2c(c1)N1CCN=C1S2. The zero-order valence-corrected chi connectivity index (χ0v) is 11.1. The number of amidine groups is 1. The summed E-state index contributed by atoms with van der Waals surface area (Å²) in [4.78, 5) is 21.3. The maximum atomic E-state index is 11.8. The molecule has 19 heavy (non-hydrogen) atoms. The van der Waals surface area contributed by atoms with Crippen LogP contribution >= 0.6 is 11.8 Å². The number of benzene rings is 1. The van der Waals surface area contributed by atoms with Gasteiger partial charge in [0.25, 0.3) is 0 Å². The second kappa shape index (κ2) is 3.98. The summed E-state index contributed by atoms with van der Waals surface area (Å²) in [7, 11) is 0. The van der Waals surface area contributed by atoms with Crippen LogP contribution in [0.5, 0.6) is 0 Å². The van der Waals surface area contributed by atoms with Gasteiger partial charge in [-0.1, -0.05) is 0 Å². The summed E-state index contributed by atoms with van der Waals surface area (Å²) in [6.07, 6.45) is -0.318. The number of aliphatic hydroxyl groups is 1. The third kappa shape index (κ3) is 1.67. The molecule has 0 bridgehead atoms. The molecule has 3 heterocycles. The predicted molar refractivity (Wildman–Crippen MR) is 74.9 cm³/mol. The lowest BCUT2D eigenvalue weighted by atomic mass is 10.2. The van der Waals surface area contributed by atoms with Crippen molar-refractivity contribution < 1.29 is 9.90 Å². The van der Waals surface area contributed by atoms with Gasteiger partial charge in [-0.2, -0.15) is 0 Å². The van der Waals surface area contributed by atoms with Gasteiger partial charge in [0, 0.05) is 17.1 Å². The summed E-state index contributed by atoms with van der Waals surface area (Å²) in [6, 6.07) is 6.02. The van der Waals surface area contributed by atoms with E-state index in [1.165, 1.54) is 4.90 Å². The van der Waals surface area contributed by atoms with Crippen LogP contribution in [-0.2, 0) is 4.79 Å². The minimum absolute atomic E-state index is 0.00610. The van der Waals surface area contributed by atoms with Gasteiger partial charge in [0.05, 0.1) is 31.3 Å². The number of aliphatic imine (C=N–C) groups is 1. The number of anilines is 2. The first-order chi connectivity index (χ1) is 9.22. The normalized spacial score (nSPS) is 24.8. The van der Waals surface area contributed by atoms with Gasteiger partial charge in [0.2, 0.25) is 5.91 Å². The van der Waals surface area contributed by atoms with Gasteiger partial charge >= 0.3 is 0 Å². The fourth-order valence-electron chi connectivity index (χ4n) is 2.75. The number of hydrogen-bond donors (Lipinski definition) is 1. The van der Waals surface area contributed by atoms with Crippen LogP contribution in [0.4, 0.5) is 11.4 Å². The molecule has 5 nitrogen and oxygen atoms in total. The molecule has 1 fully saturated rings. The molecule has 3 aliphatic heterocycles. The first-order valence-electron chi connectivity index (χ1n) is 6.35. The number of β-amino-alcohol motifs (C(OH)–C–C–N with tert-alkyl or cyclic N) is 1.